The van der Waals surface area contributed by atoms with Crippen LogP contribution in [-0.4, -0.2) is 16.3 Å². The lowest BCUT2D eigenvalue weighted by Gasteiger charge is -2.27. The average molecular weight is 316 g/mol. The monoisotopic (exact) mass is 316 g/mol. The fraction of sp³-hybridized carbons (Fsp3) is 0.444. The second-order valence-corrected chi connectivity index (χ2v) is 8.41. The molecular formula is C18H24N2OS. The zero-order valence-electron chi connectivity index (χ0n) is 14.1. The van der Waals surface area contributed by atoms with Crippen molar-refractivity contribution in [2.24, 2.45) is 4.99 Å². The van der Waals surface area contributed by atoms with Crippen LogP contribution in [-0.2, 0) is 10.8 Å². The van der Waals surface area contributed by atoms with Crippen LogP contribution in [0.5, 0.6) is 5.75 Å². The molecule has 0 saturated carbocycles. The van der Waals surface area contributed by atoms with E-state index in [-0.39, 0.29) is 10.8 Å². The molecule has 2 rings (SSSR count). The number of phenolic OH excluding ortho intramolecular Hbond substituents is 1. The number of hydrogen-bond acceptors (Lipinski definition) is 4. The molecule has 0 aliphatic carbocycles. The highest BCUT2D eigenvalue weighted by Gasteiger charge is 2.26. The molecule has 1 N–H and O–H groups in total. The molecule has 0 saturated heterocycles. The lowest BCUT2D eigenvalue weighted by molar-refractivity contribution is 0.423. The van der Waals surface area contributed by atoms with Crippen LogP contribution in [0.3, 0.4) is 0 Å². The number of nitrogens with zero attached hydrogens (tertiary/aromatic N) is 2. The van der Waals surface area contributed by atoms with Crippen molar-refractivity contribution in [2.45, 2.75) is 52.4 Å². The average Bonchev–Trinajstić information content (AvgIpc) is 2.87. The molecule has 0 bridgehead atoms. The van der Waals surface area contributed by atoms with Gasteiger partial charge in [0, 0.05) is 28.9 Å². The van der Waals surface area contributed by atoms with Crippen LogP contribution >= 0.6 is 11.3 Å². The summed E-state index contributed by atoms with van der Waals surface area (Å²) in [6, 6.07) is 4.03. The molecule has 0 radical (unpaired) electrons. The molecule has 3 nitrogen and oxygen atoms in total. The van der Waals surface area contributed by atoms with Gasteiger partial charge in [-0.3, -0.25) is 0 Å². The van der Waals surface area contributed by atoms with Crippen LogP contribution in [0.4, 0.5) is 5.13 Å². The van der Waals surface area contributed by atoms with Gasteiger partial charge >= 0.3 is 0 Å². The van der Waals surface area contributed by atoms with Crippen molar-refractivity contribution in [2.75, 3.05) is 0 Å². The van der Waals surface area contributed by atoms with Gasteiger partial charge in [-0.15, -0.1) is 11.3 Å². The number of hydrogen-bond donors (Lipinski definition) is 1. The maximum atomic E-state index is 10.7. The van der Waals surface area contributed by atoms with Crippen molar-refractivity contribution in [3.63, 3.8) is 0 Å². The highest BCUT2D eigenvalue weighted by molar-refractivity contribution is 7.13. The van der Waals surface area contributed by atoms with Crippen molar-refractivity contribution in [3.8, 4) is 5.75 Å². The van der Waals surface area contributed by atoms with Crippen molar-refractivity contribution >= 4 is 22.7 Å². The van der Waals surface area contributed by atoms with Gasteiger partial charge in [0.15, 0.2) is 0 Å². The number of thiazole rings is 1. The molecule has 1 heterocycles. The van der Waals surface area contributed by atoms with Gasteiger partial charge in [0.1, 0.15) is 5.75 Å². The van der Waals surface area contributed by atoms with Gasteiger partial charge in [0.2, 0.25) is 5.13 Å². The van der Waals surface area contributed by atoms with E-state index in [9.17, 15) is 5.11 Å². The zero-order chi connectivity index (χ0) is 16.5. The first-order valence-electron chi connectivity index (χ1n) is 7.40. The number of rotatable bonds is 2. The van der Waals surface area contributed by atoms with Gasteiger partial charge in [-0.25, -0.2) is 9.98 Å². The number of aromatic hydroxyl groups is 1. The van der Waals surface area contributed by atoms with Gasteiger partial charge in [0.25, 0.3) is 0 Å². The Balaban J connectivity index is 2.55. The third-order valence-corrected chi connectivity index (χ3v) is 4.17. The second-order valence-electron chi connectivity index (χ2n) is 7.54. The first-order chi connectivity index (χ1) is 10.1. The Hall–Kier alpha value is -1.68. The molecule has 0 amide bonds. The summed E-state index contributed by atoms with van der Waals surface area (Å²) in [5.41, 5.74) is 2.62. The molecule has 22 heavy (non-hydrogen) atoms. The first kappa shape index (κ1) is 16.7. The fourth-order valence-corrected chi connectivity index (χ4v) is 2.76. The molecule has 0 spiro atoms. The highest BCUT2D eigenvalue weighted by atomic mass is 32.1. The Kier molecular flexibility index (Phi) is 4.43. The van der Waals surface area contributed by atoms with E-state index in [1.807, 2.05) is 23.7 Å². The Morgan fingerprint density at radius 2 is 1.59 bits per heavy atom. The normalized spacial score (nSPS) is 13.0. The van der Waals surface area contributed by atoms with E-state index in [4.69, 9.17) is 0 Å². The topological polar surface area (TPSA) is 45.5 Å². The highest BCUT2D eigenvalue weighted by Crippen LogP contribution is 2.39. The van der Waals surface area contributed by atoms with E-state index in [0.717, 1.165) is 21.8 Å². The summed E-state index contributed by atoms with van der Waals surface area (Å²) in [5.74, 6) is 0.395. The fourth-order valence-electron chi connectivity index (χ4n) is 2.28. The Labute approximate surface area is 136 Å². The predicted octanol–water partition coefficient (Wildman–Crippen LogP) is 5.19. The summed E-state index contributed by atoms with van der Waals surface area (Å²) in [5, 5.41) is 13.3. The molecule has 2 aromatic rings. The third kappa shape index (κ3) is 3.74. The standard InChI is InChI=1S/C18H24N2OS/c1-17(2,3)13-9-12(11-20-16-19-7-8-22-16)10-14(15(13)21)18(4,5)6/h7-11,21H,1-6H3. The molecule has 0 fully saturated rings. The quantitative estimate of drug-likeness (QED) is 0.774. The summed E-state index contributed by atoms with van der Waals surface area (Å²) in [4.78, 5) is 8.58. The molecule has 4 heteroatoms. The molecular weight excluding hydrogens is 292 g/mol. The van der Waals surface area contributed by atoms with E-state index in [0.29, 0.717) is 5.75 Å². The van der Waals surface area contributed by atoms with Crippen LogP contribution in [0.25, 0.3) is 0 Å². The van der Waals surface area contributed by atoms with Gasteiger partial charge < -0.3 is 5.11 Å². The summed E-state index contributed by atoms with van der Waals surface area (Å²) in [7, 11) is 0. The van der Waals surface area contributed by atoms with E-state index in [2.05, 4.69) is 51.5 Å². The van der Waals surface area contributed by atoms with Gasteiger partial charge in [-0.05, 0) is 28.5 Å². The Morgan fingerprint density at radius 1 is 1.05 bits per heavy atom. The number of aromatic nitrogens is 1. The SMILES string of the molecule is CC(C)(C)c1cc(C=Nc2nccs2)cc(C(C)(C)C)c1O. The van der Waals surface area contributed by atoms with Gasteiger partial charge in [-0.1, -0.05) is 41.5 Å². The van der Waals surface area contributed by atoms with Crippen LogP contribution < -0.4 is 0 Å². The van der Waals surface area contributed by atoms with Crippen molar-refractivity contribution in [1.29, 1.82) is 0 Å². The minimum Gasteiger partial charge on any atom is -0.507 e. The van der Waals surface area contributed by atoms with E-state index in [1.165, 1.54) is 11.3 Å². The molecule has 0 unspecified atom stereocenters. The lowest BCUT2D eigenvalue weighted by Crippen LogP contribution is -2.17. The van der Waals surface area contributed by atoms with Crippen LogP contribution in [0.1, 0.15) is 58.2 Å². The maximum Gasteiger partial charge on any atom is 0.208 e. The largest absolute Gasteiger partial charge is 0.507 e. The van der Waals surface area contributed by atoms with Crippen LogP contribution in [0.15, 0.2) is 28.7 Å². The molecule has 118 valence electrons. The van der Waals surface area contributed by atoms with E-state index in [1.54, 1.807) is 6.20 Å². The molecule has 1 aromatic heterocycles. The minimum absolute atomic E-state index is 0.130. The smallest absolute Gasteiger partial charge is 0.208 e. The van der Waals surface area contributed by atoms with Gasteiger partial charge in [0.05, 0.1) is 0 Å². The van der Waals surface area contributed by atoms with Crippen molar-refractivity contribution in [3.05, 3.63) is 40.4 Å². The predicted molar refractivity (Wildman–Crippen MR) is 94.9 cm³/mol. The molecule has 0 atom stereocenters. The Bertz CT molecular complexity index is 639. The van der Waals surface area contributed by atoms with E-state index >= 15 is 0 Å². The lowest BCUT2D eigenvalue weighted by atomic mass is 9.78. The molecule has 0 aliphatic rings. The van der Waals surface area contributed by atoms with E-state index < -0.39 is 0 Å². The third-order valence-electron chi connectivity index (χ3n) is 3.49. The van der Waals surface area contributed by atoms with Crippen molar-refractivity contribution < 1.29 is 5.11 Å². The summed E-state index contributed by atoms with van der Waals surface area (Å²) in [6.45, 7) is 12.6. The number of benzene rings is 1. The first-order valence-corrected chi connectivity index (χ1v) is 8.28. The molecule has 0 aliphatic heterocycles. The molecule has 1 aromatic carbocycles. The second kappa shape index (κ2) is 5.84. The number of aliphatic imine (C=N–C) groups is 1. The van der Waals surface area contributed by atoms with Crippen LogP contribution in [0, 0.1) is 0 Å². The number of phenols is 1. The summed E-state index contributed by atoms with van der Waals surface area (Å²) >= 11 is 1.51. The summed E-state index contributed by atoms with van der Waals surface area (Å²) in [6.07, 6.45) is 3.57. The minimum atomic E-state index is -0.130. The maximum absolute atomic E-state index is 10.7. The van der Waals surface area contributed by atoms with Gasteiger partial charge in [-0.2, -0.15) is 0 Å². The van der Waals surface area contributed by atoms with Crippen molar-refractivity contribution in [1.82, 2.24) is 4.98 Å². The summed E-state index contributed by atoms with van der Waals surface area (Å²) < 4.78 is 0. The van der Waals surface area contributed by atoms with Crippen LogP contribution in [0.2, 0.25) is 0 Å². The zero-order valence-corrected chi connectivity index (χ0v) is 15.0. The Morgan fingerprint density at radius 3 is 2.00 bits per heavy atom.